The SMILES string of the molecule is CO.Cn1nccc1/C=C/C(=O)CC(=O)/C=C/c1ccc(OCc2ccccn2)cc1. The van der Waals surface area contributed by atoms with Gasteiger partial charge in [-0.05, 0) is 54.1 Å². The molecule has 1 aromatic carbocycles. The van der Waals surface area contributed by atoms with Crippen LogP contribution in [0.3, 0.4) is 0 Å². The molecule has 2 heterocycles. The molecule has 0 aliphatic carbocycles. The highest BCUT2D eigenvalue weighted by molar-refractivity contribution is 6.10. The lowest BCUT2D eigenvalue weighted by Crippen LogP contribution is -2.02. The lowest BCUT2D eigenvalue weighted by Gasteiger charge is -2.05. The summed E-state index contributed by atoms with van der Waals surface area (Å²) in [5, 5.41) is 11.0. The summed E-state index contributed by atoms with van der Waals surface area (Å²) in [5.41, 5.74) is 2.50. The Morgan fingerprint density at radius 2 is 1.68 bits per heavy atom. The minimum Gasteiger partial charge on any atom is -0.487 e. The summed E-state index contributed by atoms with van der Waals surface area (Å²) in [5.74, 6) is 0.217. The summed E-state index contributed by atoms with van der Waals surface area (Å²) in [7, 11) is 2.78. The lowest BCUT2D eigenvalue weighted by molar-refractivity contribution is -0.121. The van der Waals surface area contributed by atoms with Gasteiger partial charge in [0.2, 0.25) is 0 Å². The predicted octanol–water partition coefficient (Wildman–Crippen LogP) is 3.26. The Morgan fingerprint density at radius 3 is 2.29 bits per heavy atom. The number of rotatable bonds is 9. The molecule has 0 saturated carbocycles. The second-order valence-corrected chi connectivity index (χ2v) is 6.33. The van der Waals surface area contributed by atoms with Gasteiger partial charge >= 0.3 is 0 Å². The number of nitrogens with zero attached hydrogens (tertiary/aromatic N) is 3. The Kier molecular flexibility index (Phi) is 9.58. The molecule has 7 nitrogen and oxygen atoms in total. The molecule has 0 unspecified atom stereocenters. The first-order valence-electron chi connectivity index (χ1n) is 9.57. The second-order valence-electron chi connectivity index (χ2n) is 6.33. The van der Waals surface area contributed by atoms with Gasteiger partial charge in [0.25, 0.3) is 0 Å². The number of ether oxygens (including phenoxy) is 1. The molecule has 0 amide bonds. The quantitative estimate of drug-likeness (QED) is 0.423. The highest BCUT2D eigenvalue weighted by Gasteiger charge is 2.04. The first-order chi connectivity index (χ1) is 15.1. The number of benzene rings is 1. The fraction of sp³-hybridized carbons (Fsp3) is 0.167. The van der Waals surface area contributed by atoms with E-state index in [1.165, 1.54) is 12.2 Å². The molecular weight excluding hydrogens is 394 g/mol. The zero-order valence-electron chi connectivity index (χ0n) is 17.5. The van der Waals surface area contributed by atoms with Crippen LogP contribution in [0.1, 0.15) is 23.4 Å². The first-order valence-corrected chi connectivity index (χ1v) is 9.57. The van der Waals surface area contributed by atoms with Crippen LogP contribution in [0.5, 0.6) is 5.75 Å². The third kappa shape index (κ3) is 8.20. The van der Waals surface area contributed by atoms with Gasteiger partial charge in [0, 0.05) is 26.6 Å². The monoisotopic (exact) mass is 419 g/mol. The van der Waals surface area contributed by atoms with Gasteiger partial charge in [0.15, 0.2) is 11.6 Å². The van der Waals surface area contributed by atoms with Crippen LogP contribution in [-0.4, -0.2) is 38.5 Å². The van der Waals surface area contributed by atoms with Crippen LogP contribution in [0.15, 0.2) is 73.1 Å². The van der Waals surface area contributed by atoms with Crippen molar-refractivity contribution >= 4 is 23.7 Å². The smallest absolute Gasteiger partial charge is 0.163 e. The van der Waals surface area contributed by atoms with E-state index < -0.39 is 0 Å². The Morgan fingerprint density at radius 1 is 0.968 bits per heavy atom. The largest absolute Gasteiger partial charge is 0.487 e. The highest BCUT2D eigenvalue weighted by Crippen LogP contribution is 2.14. The van der Waals surface area contributed by atoms with Crippen molar-refractivity contribution in [3.8, 4) is 5.75 Å². The first kappa shape index (κ1) is 23.4. The molecule has 7 heteroatoms. The summed E-state index contributed by atoms with van der Waals surface area (Å²) in [6.45, 7) is 0.392. The van der Waals surface area contributed by atoms with Crippen LogP contribution in [-0.2, 0) is 23.2 Å². The van der Waals surface area contributed by atoms with Gasteiger partial charge in [-0.15, -0.1) is 0 Å². The third-order valence-electron chi connectivity index (χ3n) is 4.10. The van der Waals surface area contributed by atoms with Gasteiger partial charge in [0.05, 0.1) is 17.8 Å². The molecule has 0 aliphatic heterocycles. The maximum absolute atomic E-state index is 12.0. The van der Waals surface area contributed by atoms with Crippen molar-refractivity contribution in [2.45, 2.75) is 13.0 Å². The van der Waals surface area contributed by atoms with Crippen LogP contribution < -0.4 is 4.74 Å². The van der Waals surface area contributed by atoms with E-state index in [0.29, 0.717) is 6.61 Å². The average molecular weight is 419 g/mol. The molecule has 1 N–H and O–H groups in total. The molecular formula is C24H25N3O4. The number of allylic oxidation sites excluding steroid dienone is 2. The Hall–Kier alpha value is -3.84. The van der Waals surface area contributed by atoms with E-state index in [1.807, 2.05) is 42.5 Å². The number of aliphatic hydroxyl groups excluding tert-OH is 1. The van der Waals surface area contributed by atoms with Crippen molar-refractivity contribution in [3.05, 3.63) is 90.0 Å². The van der Waals surface area contributed by atoms with Crippen molar-refractivity contribution < 1.29 is 19.4 Å². The molecule has 0 atom stereocenters. The van der Waals surface area contributed by atoms with E-state index in [4.69, 9.17) is 9.84 Å². The highest BCUT2D eigenvalue weighted by atomic mass is 16.5. The molecule has 0 bridgehead atoms. The number of ketones is 2. The fourth-order valence-electron chi connectivity index (χ4n) is 2.52. The topological polar surface area (TPSA) is 94.3 Å². The van der Waals surface area contributed by atoms with Crippen LogP contribution in [0.2, 0.25) is 0 Å². The average Bonchev–Trinajstić information content (AvgIpc) is 3.22. The van der Waals surface area contributed by atoms with Gasteiger partial charge in [0.1, 0.15) is 12.4 Å². The normalized spacial score (nSPS) is 10.7. The predicted molar refractivity (Wildman–Crippen MR) is 119 cm³/mol. The van der Waals surface area contributed by atoms with Gasteiger partial charge in [-0.1, -0.05) is 24.3 Å². The minimum atomic E-state index is -0.251. The maximum atomic E-state index is 12.0. The maximum Gasteiger partial charge on any atom is 0.163 e. The van der Waals surface area contributed by atoms with Gasteiger partial charge < -0.3 is 9.84 Å². The standard InChI is InChI=1S/C23H21N3O3.CH4O/c1-26-20(13-15-25-26)8-10-22(28)16-21(27)9-5-18-6-11-23(12-7-18)29-17-19-4-2-3-14-24-19;1-2/h2-15H,16-17H2,1H3;2H,1H3/b9-5+,10-8+;. The Bertz CT molecular complexity index is 1020. The van der Waals surface area contributed by atoms with E-state index in [2.05, 4.69) is 10.1 Å². The summed E-state index contributed by atoms with van der Waals surface area (Å²) in [6.07, 6.45) is 9.35. The van der Waals surface area contributed by atoms with Crippen molar-refractivity contribution in [2.75, 3.05) is 7.11 Å². The second kappa shape index (κ2) is 12.7. The van der Waals surface area contributed by atoms with E-state index in [9.17, 15) is 9.59 Å². The summed E-state index contributed by atoms with van der Waals surface area (Å²) in [6, 6.07) is 14.8. The molecule has 0 radical (unpaired) electrons. The van der Waals surface area contributed by atoms with Crippen LogP contribution in [0.25, 0.3) is 12.2 Å². The molecule has 3 rings (SSSR count). The summed E-state index contributed by atoms with van der Waals surface area (Å²) < 4.78 is 7.33. The molecule has 3 aromatic rings. The van der Waals surface area contributed by atoms with Gasteiger partial charge in [-0.3, -0.25) is 19.3 Å². The number of hydrogen-bond donors (Lipinski definition) is 1. The number of pyridine rings is 1. The van der Waals surface area contributed by atoms with E-state index in [1.54, 1.807) is 42.3 Å². The molecule has 0 aliphatic rings. The van der Waals surface area contributed by atoms with Crippen molar-refractivity contribution in [3.63, 3.8) is 0 Å². The fourth-order valence-corrected chi connectivity index (χ4v) is 2.52. The van der Waals surface area contributed by atoms with Crippen molar-refractivity contribution in [1.82, 2.24) is 14.8 Å². The molecule has 0 spiro atoms. The van der Waals surface area contributed by atoms with E-state index in [-0.39, 0.29) is 18.0 Å². The molecule has 0 fully saturated rings. The van der Waals surface area contributed by atoms with Crippen molar-refractivity contribution in [1.29, 1.82) is 0 Å². The third-order valence-corrected chi connectivity index (χ3v) is 4.10. The molecule has 0 saturated heterocycles. The lowest BCUT2D eigenvalue weighted by atomic mass is 10.1. The summed E-state index contributed by atoms with van der Waals surface area (Å²) >= 11 is 0. The number of hydrogen-bond acceptors (Lipinski definition) is 6. The number of carbonyl (C=O) groups excluding carboxylic acids is 2. The Labute approximate surface area is 181 Å². The Balaban J connectivity index is 0.00000166. The van der Waals surface area contributed by atoms with Gasteiger partial charge in [-0.25, -0.2) is 0 Å². The minimum absolute atomic E-state index is 0.171. The zero-order chi connectivity index (χ0) is 22.5. The summed E-state index contributed by atoms with van der Waals surface area (Å²) in [4.78, 5) is 28.1. The number of aromatic nitrogens is 3. The number of carbonyl (C=O) groups is 2. The molecule has 2 aromatic heterocycles. The van der Waals surface area contributed by atoms with Crippen molar-refractivity contribution in [2.24, 2.45) is 7.05 Å². The van der Waals surface area contributed by atoms with Gasteiger partial charge in [-0.2, -0.15) is 5.10 Å². The molecule has 31 heavy (non-hydrogen) atoms. The zero-order valence-corrected chi connectivity index (χ0v) is 17.5. The number of aryl methyl sites for hydroxylation is 1. The van der Waals surface area contributed by atoms with Crippen LogP contribution in [0.4, 0.5) is 0 Å². The van der Waals surface area contributed by atoms with E-state index >= 15 is 0 Å². The molecule has 160 valence electrons. The number of aliphatic hydroxyl groups is 1. The van der Waals surface area contributed by atoms with E-state index in [0.717, 1.165) is 29.8 Å². The van der Waals surface area contributed by atoms with Crippen LogP contribution >= 0.6 is 0 Å². The van der Waals surface area contributed by atoms with Crippen LogP contribution in [0, 0.1) is 0 Å².